The molecule has 1 aliphatic heterocycles. The van der Waals surface area contributed by atoms with Gasteiger partial charge in [-0.25, -0.2) is 18.9 Å². The van der Waals surface area contributed by atoms with Gasteiger partial charge in [0, 0.05) is 23.5 Å². The molecule has 0 spiro atoms. The zero-order valence-corrected chi connectivity index (χ0v) is 25.0. The van der Waals surface area contributed by atoms with Crippen LogP contribution in [0.15, 0.2) is 78.0 Å². The fraction of sp³-hybridized carbons (Fsp3) is 0.290. The van der Waals surface area contributed by atoms with Crippen molar-refractivity contribution in [2.75, 3.05) is 17.2 Å². The zero-order chi connectivity index (χ0) is 31.4. The van der Waals surface area contributed by atoms with Crippen molar-refractivity contribution in [2.24, 2.45) is 4.99 Å². The molecule has 1 atom stereocenters. The summed E-state index contributed by atoms with van der Waals surface area (Å²) in [5.41, 5.74) is 3.83. The molecule has 1 saturated heterocycles. The van der Waals surface area contributed by atoms with Gasteiger partial charge in [-0.05, 0) is 65.9 Å². The van der Waals surface area contributed by atoms with Crippen LogP contribution in [0.4, 0.5) is 28.0 Å². The van der Waals surface area contributed by atoms with Crippen LogP contribution < -0.4 is 15.0 Å². The number of thioether (sulfide) groups is 1. The molecule has 2 heterocycles. The minimum absolute atomic E-state index is 0.103. The summed E-state index contributed by atoms with van der Waals surface area (Å²) in [6.07, 6.45) is -2.67. The van der Waals surface area contributed by atoms with E-state index in [4.69, 9.17) is 0 Å². The number of anilines is 1. The van der Waals surface area contributed by atoms with E-state index in [1.54, 1.807) is 6.07 Å². The molecule has 0 bridgehead atoms. The van der Waals surface area contributed by atoms with Crippen molar-refractivity contribution in [3.8, 4) is 22.8 Å². The van der Waals surface area contributed by atoms with Crippen LogP contribution in [-0.2, 0) is 0 Å². The molecule has 0 aliphatic carbocycles. The van der Waals surface area contributed by atoms with Crippen molar-refractivity contribution in [3.05, 3.63) is 90.0 Å². The maximum atomic E-state index is 13.9. The fourth-order valence-electron chi connectivity index (χ4n) is 4.83. The van der Waals surface area contributed by atoms with Crippen molar-refractivity contribution in [1.82, 2.24) is 20.1 Å². The number of alkyl halides is 3. The van der Waals surface area contributed by atoms with E-state index in [0.29, 0.717) is 29.6 Å². The van der Waals surface area contributed by atoms with E-state index in [1.807, 2.05) is 49.9 Å². The second-order valence-corrected chi connectivity index (χ2v) is 11.4. The van der Waals surface area contributed by atoms with Gasteiger partial charge in [0.25, 0.3) is 0 Å². The van der Waals surface area contributed by atoms with E-state index in [-0.39, 0.29) is 23.5 Å². The molecular formula is C31H30F4N6O2S. The first kappa shape index (κ1) is 31.0. The number of nitrogens with zero attached hydrogens (tertiary/aromatic N) is 5. The van der Waals surface area contributed by atoms with Gasteiger partial charge >= 0.3 is 12.4 Å². The molecule has 13 heteroatoms. The normalized spacial score (nSPS) is 15.2. The molecule has 8 nitrogen and oxygen atoms in total. The molecule has 2 amide bonds. The summed E-state index contributed by atoms with van der Waals surface area (Å²) in [4.78, 5) is 23.7. The van der Waals surface area contributed by atoms with Crippen LogP contribution in [0.1, 0.15) is 50.3 Å². The highest BCUT2D eigenvalue weighted by Crippen LogP contribution is 2.33. The average molecular weight is 627 g/mol. The summed E-state index contributed by atoms with van der Waals surface area (Å²) < 4.78 is 56.6. The van der Waals surface area contributed by atoms with Crippen LogP contribution >= 0.6 is 11.8 Å². The van der Waals surface area contributed by atoms with Crippen molar-refractivity contribution in [3.63, 3.8) is 0 Å². The molecule has 44 heavy (non-hydrogen) atoms. The largest absolute Gasteiger partial charge is 0.573 e. The maximum absolute atomic E-state index is 13.9. The number of nitrogens with one attached hydrogen (secondary N) is 1. The summed E-state index contributed by atoms with van der Waals surface area (Å²) in [7, 11) is 0. The highest BCUT2D eigenvalue weighted by atomic mass is 32.2. The second-order valence-electron chi connectivity index (χ2n) is 10.3. The molecule has 230 valence electrons. The molecule has 3 aromatic carbocycles. The minimum Gasteiger partial charge on any atom is -0.406 e. The second kappa shape index (κ2) is 13.1. The molecule has 1 aromatic heterocycles. The Balaban J connectivity index is 1.26. The molecule has 1 aliphatic rings. The van der Waals surface area contributed by atoms with Crippen molar-refractivity contribution in [2.45, 2.75) is 45.5 Å². The number of rotatable bonds is 8. The van der Waals surface area contributed by atoms with Crippen LogP contribution in [0, 0.1) is 5.82 Å². The van der Waals surface area contributed by atoms with Gasteiger partial charge in [0.2, 0.25) is 0 Å². The van der Waals surface area contributed by atoms with Gasteiger partial charge in [0.05, 0.1) is 11.7 Å². The molecule has 0 saturated carbocycles. The highest BCUT2D eigenvalue weighted by Gasteiger charge is 2.31. The smallest absolute Gasteiger partial charge is 0.406 e. The first-order chi connectivity index (χ1) is 21.0. The summed E-state index contributed by atoms with van der Waals surface area (Å²) in [6, 6.07) is 16.7. The van der Waals surface area contributed by atoms with Crippen molar-refractivity contribution in [1.29, 1.82) is 0 Å². The number of aliphatic imine (C=N–C) groups is 1. The lowest BCUT2D eigenvalue weighted by molar-refractivity contribution is -0.274. The predicted octanol–water partition coefficient (Wildman–Crippen LogP) is 7.87. The number of aromatic nitrogens is 3. The monoisotopic (exact) mass is 626 g/mol. The number of amidine groups is 1. The number of amides is 2. The Kier molecular flexibility index (Phi) is 9.23. The van der Waals surface area contributed by atoms with Crippen LogP contribution in [-0.4, -0.2) is 44.6 Å². The van der Waals surface area contributed by atoms with Gasteiger partial charge in [-0.15, -0.1) is 18.3 Å². The Morgan fingerprint density at radius 2 is 1.82 bits per heavy atom. The Morgan fingerprint density at radius 3 is 2.48 bits per heavy atom. The topological polar surface area (TPSA) is 84.6 Å². The number of urea groups is 1. The van der Waals surface area contributed by atoms with E-state index in [9.17, 15) is 22.4 Å². The molecule has 1 N–H and O–H groups in total. The van der Waals surface area contributed by atoms with Crippen LogP contribution in [0.5, 0.6) is 5.75 Å². The Bertz CT molecular complexity index is 1640. The van der Waals surface area contributed by atoms with Gasteiger partial charge < -0.3 is 15.0 Å². The number of hydrogen-bond donors (Lipinski definition) is 1. The van der Waals surface area contributed by atoms with Crippen LogP contribution in [0.2, 0.25) is 0 Å². The van der Waals surface area contributed by atoms with Gasteiger partial charge in [0.1, 0.15) is 17.9 Å². The van der Waals surface area contributed by atoms with Crippen molar-refractivity contribution < 1.29 is 27.1 Å². The van der Waals surface area contributed by atoms with E-state index >= 15 is 0 Å². The summed E-state index contributed by atoms with van der Waals surface area (Å²) in [5, 5.41) is 8.00. The number of halogens is 4. The summed E-state index contributed by atoms with van der Waals surface area (Å²) >= 11 is 1.49. The Hall–Kier alpha value is -4.39. The molecule has 1 unspecified atom stereocenters. The minimum atomic E-state index is -4.76. The average Bonchev–Trinajstić information content (AvgIpc) is 3.66. The third kappa shape index (κ3) is 7.39. The molecule has 0 radical (unpaired) electrons. The summed E-state index contributed by atoms with van der Waals surface area (Å²) in [5.74, 6) is 0.672. The van der Waals surface area contributed by atoms with Gasteiger partial charge in [-0.1, -0.05) is 56.8 Å². The number of hydrogen-bond acceptors (Lipinski definition) is 5. The van der Waals surface area contributed by atoms with Crippen LogP contribution in [0.3, 0.4) is 0 Å². The van der Waals surface area contributed by atoms with E-state index in [1.165, 1.54) is 59.2 Å². The number of carbonyl (C=O) groups is 1. The third-order valence-corrected chi connectivity index (χ3v) is 7.94. The summed E-state index contributed by atoms with van der Waals surface area (Å²) in [6.45, 7) is 6.64. The van der Waals surface area contributed by atoms with E-state index in [2.05, 4.69) is 25.1 Å². The zero-order valence-electron chi connectivity index (χ0n) is 24.2. The Morgan fingerprint density at radius 1 is 1.09 bits per heavy atom. The number of ether oxygens (including phenoxy) is 1. The molecule has 5 rings (SSSR count). The van der Waals surface area contributed by atoms with Gasteiger partial charge in [-0.2, -0.15) is 4.99 Å². The van der Waals surface area contributed by atoms with Crippen molar-refractivity contribution >= 4 is 28.6 Å². The number of benzene rings is 3. The van der Waals surface area contributed by atoms with Gasteiger partial charge in [-0.3, -0.25) is 0 Å². The molecule has 1 fully saturated rings. The van der Waals surface area contributed by atoms with E-state index < -0.39 is 12.4 Å². The predicted molar refractivity (Wildman–Crippen MR) is 163 cm³/mol. The van der Waals surface area contributed by atoms with E-state index in [0.717, 1.165) is 28.1 Å². The standard InChI is InChI=1S/C31H30F4N6O2S/c1-4-26(37-29(42)38-30-40(15-16-44-30)27-14-9-22(32)17-25(27)19(2)3)20-5-7-21(8-6-20)28-36-18-41(39-28)23-10-12-24(13-11-23)43-31(33,34)35/h5-14,17-19,26H,4,15-16H2,1-3H3,(H,37,42)/b38-30-. The lowest BCUT2D eigenvalue weighted by atomic mass is 10.0. The maximum Gasteiger partial charge on any atom is 0.573 e. The first-order valence-corrected chi connectivity index (χ1v) is 15.0. The molecule has 4 aromatic rings. The highest BCUT2D eigenvalue weighted by molar-refractivity contribution is 8.14. The Labute approximate surface area is 256 Å². The quantitative estimate of drug-likeness (QED) is 0.201. The van der Waals surface area contributed by atoms with Crippen LogP contribution in [0.25, 0.3) is 17.1 Å². The lowest BCUT2D eigenvalue weighted by Crippen LogP contribution is -2.30. The third-order valence-electron chi connectivity index (χ3n) is 6.98. The lowest BCUT2D eigenvalue weighted by Gasteiger charge is -2.23. The first-order valence-electron chi connectivity index (χ1n) is 14.0. The SMILES string of the molecule is CCC(NC(=O)/N=C1\SCCN1c1ccc(F)cc1C(C)C)c1ccc(-c2ncn(-c3ccc(OC(F)(F)F)cc3)n2)cc1. The molecular weight excluding hydrogens is 596 g/mol. The van der Waals surface area contributed by atoms with Gasteiger partial charge in [0.15, 0.2) is 11.0 Å². The number of carbonyl (C=O) groups excluding carboxylic acids is 1. The fourth-order valence-corrected chi connectivity index (χ4v) is 5.77.